The molecule has 2 N–H and O–H groups in total. The highest BCUT2D eigenvalue weighted by molar-refractivity contribution is 6.09. The van der Waals surface area contributed by atoms with Gasteiger partial charge in [0, 0.05) is 24.3 Å². The van der Waals surface area contributed by atoms with Gasteiger partial charge in [-0.2, -0.15) is 0 Å². The minimum Gasteiger partial charge on any atom is -0.507 e. The van der Waals surface area contributed by atoms with Gasteiger partial charge in [0.05, 0.1) is 0 Å². The molecule has 3 rings (SSSR count). The number of ketones is 2. The molecule has 1 spiro atoms. The van der Waals surface area contributed by atoms with Gasteiger partial charge < -0.3 is 14.9 Å². The smallest absolute Gasteiger partial charge is 0.170 e. The molecule has 0 aromatic heterocycles. The Balaban J connectivity index is 2.18. The average molecular weight is 459 g/mol. The molecule has 5 heteroatoms. The molecule has 1 saturated carbocycles. The topological polar surface area (TPSA) is 83.8 Å². The summed E-state index contributed by atoms with van der Waals surface area (Å²) in [6.45, 7) is 14.4. The Morgan fingerprint density at radius 1 is 0.939 bits per heavy atom. The van der Waals surface area contributed by atoms with Gasteiger partial charge in [-0.1, -0.05) is 48.5 Å². The minimum atomic E-state index is -0.414. The summed E-state index contributed by atoms with van der Waals surface area (Å²) in [6.07, 6.45) is 4.71. The van der Waals surface area contributed by atoms with Crippen LogP contribution in [0.2, 0.25) is 0 Å². The van der Waals surface area contributed by atoms with Crippen LogP contribution in [0, 0.1) is 29.6 Å². The highest BCUT2D eigenvalue weighted by Gasteiger charge is 2.49. The maximum Gasteiger partial charge on any atom is 0.170 e. The van der Waals surface area contributed by atoms with Crippen molar-refractivity contribution >= 4 is 11.6 Å². The Morgan fingerprint density at radius 2 is 1.52 bits per heavy atom. The Hall–Kier alpha value is -2.04. The van der Waals surface area contributed by atoms with Crippen molar-refractivity contribution < 1.29 is 24.5 Å². The van der Waals surface area contributed by atoms with Crippen LogP contribution in [0.3, 0.4) is 0 Å². The summed E-state index contributed by atoms with van der Waals surface area (Å²) >= 11 is 0. The summed E-state index contributed by atoms with van der Waals surface area (Å²) in [7, 11) is 0. The van der Waals surface area contributed by atoms with E-state index in [0.717, 1.165) is 25.7 Å². The van der Waals surface area contributed by atoms with Crippen molar-refractivity contribution in [1.29, 1.82) is 0 Å². The lowest BCUT2D eigenvalue weighted by Gasteiger charge is -2.50. The minimum absolute atomic E-state index is 0.0673. The molecule has 0 saturated heterocycles. The van der Waals surface area contributed by atoms with Crippen LogP contribution in [0.15, 0.2) is 0 Å². The first-order chi connectivity index (χ1) is 15.4. The third-order valence-corrected chi connectivity index (χ3v) is 7.54. The van der Waals surface area contributed by atoms with Crippen LogP contribution in [-0.2, 0) is 6.42 Å². The first kappa shape index (κ1) is 25.6. The number of fused-ring (bicyclic) bond motifs is 1. The molecule has 3 atom stereocenters. The molecule has 33 heavy (non-hydrogen) atoms. The van der Waals surface area contributed by atoms with Crippen molar-refractivity contribution in [1.82, 2.24) is 0 Å². The third kappa shape index (κ3) is 4.93. The highest BCUT2D eigenvalue weighted by Crippen LogP contribution is 2.54. The molecule has 1 unspecified atom stereocenters. The molecular weight excluding hydrogens is 416 g/mol. The standard InChI is InChI=1S/C28H42O5/c1-15(2)12-21(29)23-25(31)19-9-11-28(10-8-18(7)14-20(28)17(5)6)33-27(19)24(26(23)32)22(30)13-16(3)4/h15-18,20,31-32H,8-14H2,1-7H3/t18?,20-,28+/m0/s1. The number of Topliss-reactive ketones (excluding diaryl/α,β-unsaturated/α-hetero) is 2. The normalized spacial score (nSPS) is 24.9. The van der Waals surface area contributed by atoms with Crippen LogP contribution in [0.5, 0.6) is 17.2 Å². The molecule has 1 heterocycles. The molecule has 1 aromatic rings. The SMILES string of the molecule is CC(C)CC(=O)c1c(O)c2c(c(C(=O)CC(C)C)c1O)O[C@@]1(CC2)CCC(C)C[C@H]1C(C)C. The quantitative estimate of drug-likeness (QED) is 0.444. The number of hydrogen-bond acceptors (Lipinski definition) is 5. The van der Waals surface area contributed by atoms with E-state index in [2.05, 4.69) is 20.8 Å². The molecule has 1 aliphatic carbocycles. The van der Waals surface area contributed by atoms with Crippen LogP contribution in [0.25, 0.3) is 0 Å². The summed E-state index contributed by atoms with van der Waals surface area (Å²) in [6, 6.07) is 0. The molecule has 0 radical (unpaired) electrons. The number of carbonyl (C=O) groups excluding carboxylic acids is 2. The van der Waals surface area contributed by atoms with Gasteiger partial charge in [0.1, 0.15) is 34.0 Å². The fourth-order valence-electron chi connectivity index (χ4n) is 5.92. The van der Waals surface area contributed by atoms with E-state index in [0.29, 0.717) is 35.5 Å². The third-order valence-electron chi connectivity index (χ3n) is 7.54. The predicted octanol–water partition coefficient (Wildman–Crippen LogP) is 6.71. The first-order valence-electron chi connectivity index (χ1n) is 12.7. The van der Waals surface area contributed by atoms with Crippen LogP contribution in [0.4, 0.5) is 0 Å². The van der Waals surface area contributed by atoms with E-state index in [1.165, 1.54) is 0 Å². The zero-order valence-corrected chi connectivity index (χ0v) is 21.5. The lowest BCUT2D eigenvalue weighted by molar-refractivity contribution is -0.0702. The molecular formula is C28H42O5. The summed E-state index contributed by atoms with van der Waals surface area (Å²) in [5.74, 6) is 0.626. The van der Waals surface area contributed by atoms with E-state index < -0.39 is 11.4 Å². The van der Waals surface area contributed by atoms with E-state index in [4.69, 9.17) is 4.74 Å². The fourth-order valence-corrected chi connectivity index (χ4v) is 5.92. The van der Waals surface area contributed by atoms with Crippen LogP contribution in [-0.4, -0.2) is 27.4 Å². The zero-order valence-electron chi connectivity index (χ0n) is 21.5. The monoisotopic (exact) mass is 458 g/mol. The molecule has 5 nitrogen and oxygen atoms in total. The summed E-state index contributed by atoms with van der Waals surface area (Å²) < 4.78 is 6.74. The first-order valence-corrected chi connectivity index (χ1v) is 12.7. The molecule has 0 bridgehead atoms. The second-order valence-corrected chi connectivity index (χ2v) is 11.7. The lowest BCUT2D eigenvalue weighted by atomic mass is 9.64. The van der Waals surface area contributed by atoms with Gasteiger partial charge in [0.25, 0.3) is 0 Å². The van der Waals surface area contributed by atoms with E-state index in [1.54, 1.807) is 0 Å². The number of benzene rings is 1. The van der Waals surface area contributed by atoms with E-state index in [-0.39, 0.29) is 53.1 Å². The number of phenols is 2. The average Bonchev–Trinajstić information content (AvgIpc) is 2.68. The maximum absolute atomic E-state index is 13.4. The van der Waals surface area contributed by atoms with Crippen molar-refractivity contribution in [3.63, 3.8) is 0 Å². The van der Waals surface area contributed by atoms with Crippen LogP contribution < -0.4 is 4.74 Å². The second kappa shape index (κ2) is 9.68. The highest BCUT2D eigenvalue weighted by atomic mass is 16.5. The molecule has 2 aliphatic rings. The van der Waals surface area contributed by atoms with Crippen LogP contribution >= 0.6 is 0 Å². The zero-order chi connectivity index (χ0) is 24.7. The van der Waals surface area contributed by atoms with Crippen molar-refractivity contribution in [3.8, 4) is 17.2 Å². The van der Waals surface area contributed by atoms with Gasteiger partial charge >= 0.3 is 0 Å². The van der Waals surface area contributed by atoms with E-state index in [9.17, 15) is 19.8 Å². The molecule has 1 aromatic carbocycles. The number of hydrogen-bond donors (Lipinski definition) is 2. The Morgan fingerprint density at radius 3 is 2.06 bits per heavy atom. The van der Waals surface area contributed by atoms with Gasteiger partial charge in [-0.15, -0.1) is 0 Å². The largest absolute Gasteiger partial charge is 0.507 e. The second-order valence-electron chi connectivity index (χ2n) is 11.7. The number of carbonyl (C=O) groups is 2. The van der Waals surface area contributed by atoms with Gasteiger partial charge in [0.15, 0.2) is 11.6 Å². The Labute approximate surface area is 198 Å². The van der Waals surface area contributed by atoms with Gasteiger partial charge in [0.2, 0.25) is 0 Å². The number of aromatic hydroxyl groups is 2. The maximum atomic E-state index is 13.4. The van der Waals surface area contributed by atoms with E-state index in [1.807, 2.05) is 27.7 Å². The van der Waals surface area contributed by atoms with Gasteiger partial charge in [-0.25, -0.2) is 0 Å². The Kier molecular flexibility index (Phi) is 7.50. The van der Waals surface area contributed by atoms with E-state index >= 15 is 0 Å². The molecule has 184 valence electrons. The van der Waals surface area contributed by atoms with Gasteiger partial charge in [-0.05, 0) is 55.8 Å². The molecule has 0 amide bonds. The predicted molar refractivity (Wildman–Crippen MR) is 130 cm³/mol. The van der Waals surface area contributed by atoms with Crippen molar-refractivity contribution in [2.45, 2.75) is 99.0 Å². The van der Waals surface area contributed by atoms with Crippen molar-refractivity contribution in [3.05, 3.63) is 16.7 Å². The fraction of sp³-hybridized carbons (Fsp3) is 0.714. The van der Waals surface area contributed by atoms with Crippen molar-refractivity contribution in [2.24, 2.45) is 29.6 Å². The summed E-state index contributed by atoms with van der Waals surface area (Å²) in [5.41, 5.74) is 0.0532. The molecule has 1 fully saturated rings. The molecule has 1 aliphatic heterocycles. The van der Waals surface area contributed by atoms with Crippen LogP contribution in [0.1, 0.15) is 113 Å². The van der Waals surface area contributed by atoms with Gasteiger partial charge in [-0.3, -0.25) is 9.59 Å². The number of phenolic OH excluding ortho intramolecular Hbond substituents is 2. The summed E-state index contributed by atoms with van der Waals surface area (Å²) in [5, 5.41) is 22.3. The lowest BCUT2D eigenvalue weighted by Crippen LogP contribution is -2.52. The Bertz CT molecular complexity index is 914. The number of ether oxygens (including phenoxy) is 1. The summed E-state index contributed by atoms with van der Waals surface area (Å²) in [4.78, 5) is 26.3. The van der Waals surface area contributed by atoms with Crippen molar-refractivity contribution in [2.75, 3.05) is 0 Å². The number of rotatable bonds is 7.